The Morgan fingerprint density at radius 3 is 2.05 bits per heavy atom. The minimum atomic E-state index is 0. The van der Waals surface area contributed by atoms with Gasteiger partial charge in [0.1, 0.15) is 5.75 Å². The van der Waals surface area contributed by atoms with E-state index in [-0.39, 0.29) is 12.4 Å². The van der Waals surface area contributed by atoms with Gasteiger partial charge in [-0.2, -0.15) is 0 Å². The predicted molar refractivity (Wildman–Crippen MR) is 79.5 cm³/mol. The Morgan fingerprint density at radius 2 is 1.53 bits per heavy atom. The molecule has 0 aromatic heterocycles. The van der Waals surface area contributed by atoms with Gasteiger partial charge in [-0.3, -0.25) is 0 Å². The van der Waals surface area contributed by atoms with Crippen molar-refractivity contribution in [2.75, 3.05) is 19.0 Å². The van der Waals surface area contributed by atoms with Gasteiger partial charge in [-0.1, -0.05) is 18.2 Å². The first-order chi connectivity index (χ1) is 8.66. The summed E-state index contributed by atoms with van der Waals surface area (Å²) in [5.41, 5.74) is 2.06. The molecule has 2 aromatic rings. The topological polar surface area (TPSA) is 12.5 Å². The van der Waals surface area contributed by atoms with Gasteiger partial charge < -0.3 is 22.0 Å². The summed E-state index contributed by atoms with van der Waals surface area (Å²) in [6.45, 7) is 0. The van der Waals surface area contributed by atoms with Crippen LogP contribution in [0.3, 0.4) is 0 Å². The van der Waals surface area contributed by atoms with Crippen LogP contribution in [0.2, 0.25) is 0 Å². The Kier molecular flexibility index (Phi) is 5.80. The third kappa shape index (κ3) is 4.23. The maximum Gasteiger partial charge on any atom is 0.198 e. The first kappa shape index (κ1) is 15.5. The van der Waals surface area contributed by atoms with Gasteiger partial charge in [0, 0.05) is 25.3 Å². The van der Waals surface area contributed by atoms with E-state index in [1.807, 2.05) is 73.6 Å². The number of hydrogen-bond acceptors (Lipinski definition) is 3. The molecule has 2 nitrogen and oxygen atoms in total. The minimum absolute atomic E-state index is 0. The average Bonchev–Trinajstić information content (AvgIpc) is 2.40. The lowest BCUT2D eigenvalue weighted by Crippen LogP contribution is -3.00. The molecule has 19 heavy (non-hydrogen) atoms. The zero-order chi connectivity index (χ0) is 13.0. The highest BCUT2D eigenvalue weighted by atomic mass is 35.5. The van der Waals surface area contributed by atoms with Gasteiger partial charge in [-0.25, -0.2) is 0 Å². The smallest absolute Gasteiger partial charge is 0.198 e. The molecule has 0 saturated carbocycles. The lowest BCUT2D eigenvalue weighted by molar-refractivity contribution is -0.00000400. The summed E-state index contributed by atoms with van der Waals surface area (Å²) in [5.74, 6) is 0.763. The lowest BCUT2D eigenvalue weighted by Gasteiger charge is -2.13. The van der Waals surface area contributed by atoms with E-state index < -0.39 is 0 Å². The quantitative estimate of drug-likeness (QED) is 0.765. The van der Waals surface area contributed by atoms with Crippen LogP contribution in [-0.2, 0) is 0 Å². The number of benzene rings is 2. The Hall–Kier alpha value is -1.58. The molecular weight excluding hydrogens is 278 g/mol. The van der Waals surface area contributed by atoms with Gasteiger partial charge >= 0.3 is 0 Å². The number of halogens is 1. The molecule has 0 radical (unpaired) electrons. The van der Waals surface area contributed by atoms with Crippen LogP contribution in [0.1, 0.15) is 5.56 Å². The second-order valence-corrected chi connectivity index (χ2v) is 4.51. The van der Waals surface area contributed by atoms with E-state index in [1.165, 1.54) is 0 Å². The molecule has 0 saturated heterocycles. The van der Waals surface area contributed by atoms with Crippen LogP contribution in [-0.4, -0.2) is 19.1 Å². The number of para-hydroxylation sites is 1. The Morgan fingerprint density at radius 1 is 0.947 bits per heavy atom. The van der Waals surface area contributed by atoms with Crippen LogP contribution in [0.25, 0.3) is 0 Å². The van der Waals surface area contributed by atoms with Crippen molar-refractivity contribution in [3.8, 4) is 5.75 Å². The minimum Gasteiger partial charge on any atom is -1.00 e. The molecule has 0 amide bonds. The Labute approximate surface area is 125 Å². The van der Waals surface area contributed by atoms with Crippen molar-refractivity contribution in [2.24, 2.45) is 0 Å². The summed E-state index contributed by atoms with van der Waals surface area (Å²) in [6, 6.07) is 17.6. The van der Waals surface area contributed by atoms with Crippen LogP contribution in [0.5, 0.6) is 5.75 Å². The largest absolute Gasteiger partial charge is 1.00 e. The maximum absolute atomic E-state index is 5.62. The first-order valence-electron chi connectivity index (χ1n) is 5.71. The monoisotopic (exact) mass is 292 g/mol. The van der Waals surface area contributed by atoms with Crippen LogP contribution in [0.4, 0.5) is 5.69 Å². The fraction of sp³-hybridized carbons (Fsp3) is 0.133. The lowest BCUT2D eigenvalue weighted by atomic mass is 10.2. The summed E-state index contributed by atoms with van der Waals surface area (Å²) in [7, 11) is 4.02. The van der Waals surface area contributed by atoms with Gasteiger partial charge in [0.15, 0.2) is 5.05 Å². The maximum atomic E-state index is 5.62. The SMILES string of the molecule is CN(C)c1ccc(C(=S)Oc2ccccc2)cc1.[Cl-]. The van der Waals surface area contributed by atoms with Crippen molar-refractivity contribution < 1.29 is 17.1 Å². The number of thiocarbonyl (C=S) groups is 1. The highest BCUT2D eigenvalue weighted by Crippen LogP contribution is 2.16. The number of ether oxygens (including phenoxy) is 1. The molecule has 4 heteroatoms. The van der Waals surface area contributed by atoms with Crippen molar-refractivity contribution in [3.63, 3.8) is 0 Å². The summed E-state index contributed by atoms with van der Waals surface area (Å²) in [5, 5.41) is 0.492. The zero-order valence-electron chi connectivity index (χ0n) is 10.8. The van der Waals surface area contributed by atoms with Crippen LogP contribution in [0.15, 0.2) is 54.6 Å². The Bertz CT molecular complexity index is 526. The van der Waals surface area contributed by atoms with Gasteiger partial charge in [0.05, 0.1) is 0 Å². The van der Waals surface area contributed by atoms with Crippen LogP contribution in [0, 0.1) is 0 Å². The highest BCUT2D eigenvalue weighted by Gasteiger charge is 2.04. The Balaban J connectivity index is 0.00000180. The highest BCUT2D eigenvalue weighted by molar-refractivity contribution is 7.80. The van der Waals surface area contributed by atoms with Crippen molar-refractivity contribution in [2.45, 2.75) is 0 Å². The van der Waals surface area contributed by atoms with Crippen molar-refractivity contribution in [1.29, 1.82) is 0 Å². The van der Waals surface area contributed by atoms with Crippen molar-refractivity contribution >= 4 is 23.0 Å². The molecule has 0 aliphatic heterocycles. The zero-order valence-corrected chi connectivity index (χ0v) is 12.4. The van der Waals surface area contributed by atoms with E-state index in [9.17, 15) is 0 Å². The van der Waals surface area contributed by atoms with E-state index in [1.54, 1.807) is 0 Å². The molecule has 2 aromatic carbocycles. The molecular formula is C15H15ClNOS-. The standard InChI is InChI=1S/C15H15NOS.ClH/c1-16(2)13-10-8-12(9-11-13)15(18)17-14-6-4-3-5-7-14;/h3-11H,1-2H3;1H/p-1. The van der Waals surface area contributed by atoms with Gasteiger partial charge in [0.25, 0.3) is 0 Å². The van der Waals surface area contributed by atoms with E-state index >= 15 is 0 Å². The second kappa shape index (κ2) is 7.12. The molecule has 100 valence electrons. The van der Waals surface area contributed by atoms with Gasteiger partial charge in [-0.15, -0.1) is 0 Å². The van der Waals surface area contributed by atoms with Gasteiger partial charge in [-0.05, 0) is 48.6 Å². The molecule has 0 aliphatic carbocycles. The molecule has 0 atom stereocenters. The number of rotatable bonds is 3. The fourth-order valence-electron chi connectivity index (χ4n) is 1.55. The van der Waals surface area contributed by atoms with Crippen molar-refractivity contribution in [1.82, 2.24) is 0 Å². The van der Waals surface area contributed by atoms with Gasteiger partial charge in [0.2, 0.25) is 0 Å². The average molecular weight is 293 g/mol. The summed E-state index contributed by atoms with van der Waals surface area (Å²) >= 11 is 5.28. The molecule has 0 heterocycles. The molecule has 0 fully saturated rings. The third-order valence-corrected chi connectivity index (χ3v) is 2.89. The van der Waals surface area contributed by atoms with Crippen molar-refractivity contribution in [3.05, 3.63) is 60.2 Å². The molecule has 0 spiro atoms. The molecule has 0 N–H and O–H groups in total. The first-order valence-corrected chi connectivity index (χ1v) is 6.12. The van der Waals surface area contributed by atoms with E-state index in [0.717, 1.165) is 17.0 Å². The number of hydrogen-bond donors (Lipinski definition) is 0. The predicted octanol–water partition coefficient (Wildman–Crippen LogP) is 0.511. The van der Waals surface area contributed by atoms with Crippen LogP contribution < -0.4 is 22.0 Å². The normalized spacial score (nSPS) is 9.37. The second-order valence-electron chi connectivity index (χ2n) is 4.14. The van der Waals surface area contributed by atoms with Crippen LogP contribution >= 0.6 is 12.2 Å². The molecule has 0 bridgehead atoms. The summed E-state index contributed by atoms with van der Waals surface area (Å²) in [6.07, 6.45) is 0. The van der Waals surface area contributed by atoms with E-state index in [4.69, 9.17) is 17.0 Å². The van der Waals surface area contributed by atoms with E-state index in [2.05, 4.69) is 0 Å². The third-order valence-electron chi connectivity index (χ3n) is 2.57. The molecule has 0 unspecified atom stereocenters. The number of nitrogens with zero attached hydrogens (tertiary/aromatic N) is 1. The van der Waals surface area contributed by atoms with E-state index in [0.29, 0.717) is 5.05 Å². The number of anilines is 1. The molecule has 2 rings (SSSR count). The molecule has 0 aliphatic rings. The summed E-state index contributed by atoms with van der Waals surface area (Å²) in [4.78, 5) is 2.05. The fourth-order valence-corrected chi connectivity index (χ4v) is 1.78. The summed E-state index contributed by atoms with van der Waals surface area (Å²) < 4.78 is 5.62.